The molecule has 14 heavy (non-hydrogen) atoms. The third-order valence-electron chi connectivity index (χ3n) is 1.99. The van der Waals surface area contributed by atoms with Crippen molar-refractivity contribution in [1.82, 2.24) is 10.3 Å². The van der Waals surface area contributed by atoms with Gasteiger partial charge >= 0.3 is 11.8 Å². The smallest absolute Gasteiger partial charge is 0.295 e. The fourth-order valence-corrected chi connectivity index (χ4v) is 2.20. The monoisotopic (exact) mass is 225 g/mol. The molecule has 0 unspecified atom stereocenters. The highest BCUT2D eigenvalue weighted by molar-refractivity contribution is 7.99. The molecule has 1 saturated heterocycles. The number of carbonyl (C=O) groups excluding carboxylic acids is 1. The Labute approximate surface area is 85.2 Å². The van der Waals surface area contributed by atoms with Gasteiger partial charge in [0.1, 0.15) is 0 Å². The SMILES string of the molecule is NNC(=O)C(F)(F)CN1CCSCC1. The minimum atomic E-state index is -3.39. The number of alkyl halides is 2. The van der Waals surface area contributed by atoms with E-state index >= 15 is 0 Å². The minimum absolute atomic E-state index is 0.545. The summed E-state index contributed by atoms with van der Waals surface area (Å²) in [5, 5.41) is 0. The van der Waals surface area contributed by atoms with E-state index in [-0.39, 0.29) is 0 Å². The lowest BCUT2D eigenvalue weighted by Gasteiger charge is -2.28. The zero-order valence-corrected chi connectivity index (χ0v) is 8.45. The van der Waals surface area contributed by atoms with E-state index in [1.165, 1.54) is 5.43 Å². The molecular weight excluding hydrogens is 212 g/mol. The molecule has 7 heteroatoms. The van der Waals surface area contributed by atoms with Crippen molar-refractivity contribution in [3.63, 3.8) is 0 Å². The second-order valence-corrected chi connectivity index (χ2v) is 4.29. The summed E-state index contributed by atoms with van der Waals surface area (Å²) in [6.45, 7) is 0.646. The molecule has 82 valence electrons. The summed E-state index contributed by atoms with van der Waals surface area (Å²) in [7, 11) is 0. The van der Waals surface area contributed by atoms with Crippen LogP contribution >= 0.6 is 11.8 Å². The molecular formula is C7H13F2N3OS. The number of carbonyl (C=O) groups is 1. The third kappa shape index (κ3) is 3.07. The third-order valence-corrected chi connectivity index (χ3v) is 2.93. The van der Waals surface area contributed by atoms with E-state index in [4.69, 9.17) is 0 Å². The van der Waals surface area contributed by atoms with Crippen molar-refractivity contribution < 1.29 is 13.6 Å². The van der Waals surface area contributed by atoms with Crippen LogP contribution < -0.4 is 11.3 Å². The molecule has 0 aromatic rings. The van der Waals surface area contributed by atoms with Crippen LogP contribution in [-0.2, 0) is 4.79 Å². The molecule has 0 saturated carbocycles. The maximum absolute atomic E-state index is 13.1. The number of nitrogens with one attached hydrogen (secondary N) is 1. The van der Waals surface area contributed by atoms with Crippen LogP contribution in [0, 0.1) is 0 Å². The van der Waals surface area contributed by atoms with Crippen LogP contribution in [0.25, 0.3) is 0 Å². The highest BCUT2D eigenvalue weighted by atomic mass is 32.2. The Balaban J connectivity index is 2.44. The Bertz CT molecular complexity index is 209. The number of hydrogen-bond acceptors (Lipinski definition) is 4. The lowest BCUT2D eigenvalue weighted by molar-refractivity contribution is -0.148. The van der Waals surface area contributed by atoms with Crippen LogP contribution in [-0.4, -0.2) is 47.9 Å². The van der Waals surface area contributed by atoms with Crippen molar-refractivity contribution in [3.05, 3.63) is 0 Å². The predicted octanol–water partition coefficient (Wildman–Crippen LogP) is -0.340. The van der Waals surface area contributed by atoms with Gasteiger partial charge in [0.05, 0.1) is 6.54 Å². The van der Waals surface area contributed by atoms with E-state index in [2.05, 4.69) is 5.84 Å². The summed E-state index contributed by atoms with van der Waals surface area (Å²) < 4.78 is 26.1. The molecule has 1 heterocycles. The molecule has 0 aliphatic carbocycles. The number of nitrogens with zero attached hydrogens (tertiary/aromatic N) is 1. The minimum Gasteiger partial charge on any atom is -0.295 e. The van der Waals surface area contributed by atoms with Gasteiger partial charge in [-0.2, -0.15) is 20.5 Å². The van der Waals surface area contributed by atoms with Crippen LogP contribution in [0.4, 0.5) is 8.78 Å². The van der Waals surface area contributed by atoms with Crippen LogP contribution in [0.15, 0.2) is 0 Å². The summed E-state index contributed by atoms with van der Waals surface area (Å²) in [4.78, 5) is 12.3. The fraction of sp³-hybridized carbons (Fsp3) is 0.857. The molecule has 0 atom stereocenters. The predicted molar refractivity (Wildman–Crippen MR) is 51.0 cm³/mol. The van der Waals surface area contributed by atoms with E-state index < -0.39 is 18.4 Å². The molecule has 0 aromatic carbocycles. The first-order valence-electron chi connectivity index (χ1n) is 4.25. The van der Waals surface area contributed by atoms with Gasteiger partial charge in [-0.1, -0.05) is 0 Å². The first kappa shape index (κ1) is 11.7. The zero-order valence-electron chi connectivity index (χ0n) is 7.63. The highest BCUT2D eigenvalue weighted by Gasteiger charge is 2.40. The average Bonchev–Trinajstić information content (AvgIpc) is 2.17. The summed E-state index contributed by atoms with van der Waals surface area (Å²) >= 11 is 1.73. The number of rotatable bonds is 3. The van der Waals surface area contributed by atoms with Crippen molar-refractivity contribution >= 4 is 17.7 Å². The van der Waals surface area contributed by atoms with Gasteiger partial charge in [0.15, 0.2) is 0 Å². The molecule has 1 aliphatic heterocycles. The number of halogens is 2. The molecule has 0 bridgehead atoms. The van der Waals surface area contributed by atoms with E-state index in [0.717, 1.165) is 11.5 Å². The molecule has 3 N–H and O–H groups in total. The second-order valence-electron chi connectivity index (χ2n) is 3.07. The van der Waals surface area contributed by atoms with Crippen LogP contribution in [0.2, 0.25) is 0 Å². The first-order valence-corrected chi connectivity index (χ1v) is 5.41. The first-order chi connectivity index (χ1) is 6.56. The Morgan fingerprint density at radius 2 is 2.07 bits per heavy atom. The van der Waals surface area contributed by atoms with E-state index in [1.807, 2.05) is 0 Å². The summed E-state index contributed by atoms with van der Waals surface area (Å²) in [6, 6.07) is 0. The fourth-order valence-electron chi connectivity index (χ4n) is 1.22. The number of amides is 1. The molecule has 1 fully saturated rings. The Kier molecular flexibility index (Phi) is 4.09. The number of hydrazine groups is 1. The van der Waals surface area contributed by atoms with Crippen molar-refractivity contribution in [2.45, 2.75) is 5.92 Å². The normalized spacial score (nSPS) is 19.4. The van der Waals surface area contributed by atoms with E-state index in [0.29, 0.717) is 13.1 Å². The van der Waals surface area contributed by atoms with E-state index in [1.54, 1.807) is 16.7 Å². The average molecular weight is 225 g/mol. The second kappa shape index (κ2) is 4.90. The molecule has 1 amide bonds. The molecule has 4 nitrogen and oxygen atoms in total. The molecule has 0 spiro atoms. The van der Waals surface area contributed by atoms with Crippen molar-refractivity contribution in [3.8, 4) is 0 Å². The summed E-state index contributed by atoms with van der Waals surface area (Å²) in [5.74, 6) is 1.52. The maximum atomic E-state index is 13.1. The zero-order chi connectivity index (χ0) is 10.6. The summed E-state index contributed by atoms with van der Waals surface area (Å²) in [6.07, 6.45) is 0. The van der Waals surface area contributed by atoms with Crippen molar-refractivity contribution in [1.29, 1.82) is 0 Å². The van der Waals surface area contributed by atoms with Crippen LogP contribution in [0.3, 0.4) is 0 Å². The number of hydrogen-bond donors (Lipinski definition) is 2. The van der Waals surface area contributed by atoms with Crippen LogP contribution in [0.1, 0.15) is 0 Å². The van der Waals surface area contributed by atoms with E-state index in [9.17, 15) is 13.6 Å². The van der Waals surface area contributed by atoms with Crippen LogP contribution in [0.5, 0.6) is 0 Å². The number of nitrogens with two attached hydrogens (primary N) is 1. The number of thioether (sulfide) groups is 1. The molecule has 1 aliphatic rings. The van der Waals surface area contributed by atoms with Crippen molar-refractivity contribution in [2.75, 3.05) is 31.1 Å². The maximum Gasteiger partial charge on any atom is 0.338 e. The van der Waals surface area contributed by atoms with Gasteiger partial charge in [-0.25, -0.2) is 5.84 Å². The van der Waals surface area contributed by atoms with Crippen molar-refractivity contribution in [2.24, 2.45) is 5.84 Å². The Morgan fingerprint density at radius 1 is 1.50 bits per heavy atom. The standard InChI is InChI=1S/C7H13F2N3OS/c8-7(9,6(13)11-10)5-12-1-3-14-4-2-12/h1-5,10H2,(H,11,13). The topological polar surface area (TPSA) is 58.4 Å². The van der Waals surface area contributed by atoms with Gasteiger partial charge in [0.2, 0.25) is 0 Å². The Hall–Kier alpha value is -0.400. The lowest BCUT2D eigenvalue weighted by atomic mass is 10.3. The largest absolute Gasteiger partial charge is 0.338 e. The van der Waals surface area contributed by atoms with Gasteiger partial charge in [-0.15, -0.1) is 0 Å². The molecule has 1 rings (SSSR count). The lowest BCUT2D eigenvalue weighted by Crippen LogP contribution is -2.51. The van der Waals surface area contributed by atoms with Gasteiger partial charge in [0, 0.05) is 24.6 Å². The molecule has 0 aromatic heterocycles. The highest BCUT2D eigenvalue weighted by Crippen LogP contribution is 2.18. The summed E-state index contributed by atoms with van der Waals surface area (Å²) in [5.41, 5.74) is 1.47. The quantitative estimate of drug-likeness (QED) is 0.392. The van der Waals surface area contributed by atoms with Gasteiger partial charge < -0.3 is 0 Å². The van der Waals surface area contributed by atoms with Gasteiger partial charge in [-0.05, 0) is 0 Å². The van der Waals surface area contributed by atoms with Gasteiger partial charge in [-0.3, -0.25) is 15.1 Å². The van der Waals surface area contributed by atoms with Gasteiger partial charge in [0.25, 0.3) is 0 Å². The molecule has 0 radical (unpaired) electrons. The Morgan fingerprint density at radius 3 is 2.57 bits per heavy atom.